The first-order valence-corrected chi connectivity index (χ1v) is 10.1. The number of hydrogen-bond acceptors (Lipinski definition) is 4. The number of carboxylic acid groups (broad SMARTS) is 1. The van der Waals surface area contributed by atoms with Gasteiger partial charge < -0.3 is 5.11 Å². The van der Waals surface area contributed by atoms with E-state index in [4.69, 9.17) is 16.7 Å². The molecule has 32 heavy (non-hydrogen) atoms. The van der Waals surface area contributed by atoms with Gasteiger partial charge in [0.1, 0.15) is 5.82 Å². The number of hydrogen-bond donors (Lipinski definition) is 1. The summed E-state index contributed by atoms with van der Waals surface area (Å²) in [6.45, 7) is 3.56. The molecule has 2 aromatic carbocycles. The molecule has 0 fully saturated rings. The maximum absolute atomic E-state index is 14.9. The Kier molecular flexibility index (Phi) is 5.40. The van der Waals surface area contributed by atoms with Crippen molar-refractivity contribution in [1.82, 2.24) is 14.1 Å². The molecule has 0 aliphatic carbocycles. The molecule has 0 unspecified atom stereocenters. The molecule has 162 valence electrons. The quantitative estimate of drug-likeness (QED) is 0.499. The third-order valence-electron chi connectivity index (χ3n) is 5.28. The van der Waals surface area contributed by atoms with Crippen LogP contribution in [0.3, 0.4) is 0 Å². The summed E-state index contributed by atoms with van der Waals surface area (Å²) < 4.78 is 16.9. The lowest BCUT2D eigenvalue weighted by Gasteiger charge is -2.09. The van der Waals surface area contributed by atoms with Crippen LogP contribution in [0.1, 0.15) is 38.8 Å². The number of aromatic nitrogens is 3. The van der Waals surface area contributed by atoms with E-state index in [9.17, 15) is 18.8 Å². The molecular weight excluding hydrogens is 437 g/mol. The van der Waals surface area contributed by atoms with Crippen LogP contribution in [0, 0.1) is 12.7 Å². The molecule has 4 aromatic rings. The van der Waals surface area contributed by atoms with Gasteiger partial charge in [0.15, 0.2) is 0 Å². The molecule has 2 heterocycles. The Labute approximate surface area is 186 Å². The van der Waals surface area contributed by atoms with Crippen LogP contribution in [-0.4, -0.2) is 31.1 Å². The second kappa shape index (κ2) is 8.05. The van der Waals surface area contributed by atoms with Gasteiger partial charge in [-0.2, -0.15) is 0 Å². The highest BCUT2D eigenvalue weighted by Gasteiger charge is 2.26. The molecule has 1 N–H and O–H groups in total. The molecule has 4 rings (SSSR count). The summed E-state index contributed by atoms with van der Waals surface area (Å²) >= 11 is 6.27. The lowest BCUT2D eigenvalue weighted by molar-refractivity contribution is 0.0696. The second-order valence-electron chi connectivity index (χ2n) is 7.18. The van der Waals surface area contributed by atoms with Crippen LogP contribution in [0.2, 0.25) is 5.02 Å². The van der Waals surface area contributed by atoms with Crippen molar-refractivity contribution < 1.29 is 19.1 Å². The van der Waals surface area contributed by atoms with Crippen LogP contribution in [-0.2, 0) is 6.42 Å². The zero-order valence-electron chi connectivity index (χ0n) is 17.1. The molecule has 0 radical (unpaired) electrons. The van der Waals surface area contributed by atoms with E-state index in [-0.39, 0.29) is 21.8 Å². The summed E-state index contributed by atoms with van der Waals surface area (Å²) in [5.74, 6) is -2.85. The van der Waals surface area contributed by atoms with Crippen LogP contribution in [0.15, 0.2) is 53.6 Å². The van der Waals surface area contributed by atoms with E-state index in [1.54, 1.807) is 25.1 Å². The average Bonchev–Trinajstić information content (AvgIpc) is 3.06. The summed E-state index contributed by atoms with van der Waals surface area (Å²) in [6, 6.07) is 8.24. The predicted molar refractivity (Wildman–Crippen MR) is 118 cm³/mol. The summed E-state index contributed by atoms with van der Waals surface area (Å²) in [5.41, 5.74) is 0.725. The molecule has 0 aliphatic heterocycles. The molecule has 0 saturated heterocycles. The second-order valence-corrected chi connectivity index (χ2v) is 7.59. The number of rotatable bonds is 4. The van der Waals surface area contributed by atoms with Gasteiger partial charge in [0.25, 0.3) is 5.91 Å². The molecule has 0 atom stereocenters. The van der Waals surface area contributed by atoms with Crippen LogP contribution >= 0.6 is 11.6 Å². The zero-order valence-corrected chi connectivity index (χ0v) is 17.9. The van der Waals surface area contributed by atoms with Gasteiger partial charge in [-0.1, -0.05) is 30.7 Å². The first-order valence-electron chi connectivity index (χ1n) is 9.69. The third kappa shape index (κ3) is 3.29. The lowest BCUT2D eigenvalue weighted by atomic mass is 10.1. The molecule has 0 aliphatic rings. The highest BCUT2D eigenvalue weighted by atomic mass is 35.5. The standard InChI is InChI=1S/C23H17ClFN3O4/c1-3-13-10-26-11-15(24)19(13)21(29)28-20-12(2)5-4-6-18(20)27(23(28)32)17-8-7-14(22(30)31)9-16(17)25/h4-11H,3H2,1-2H3,(H,30,31). The van der Waals surface area contributed by atoms with Gasteiger partial charge in [0, 0.05) is 12.4 Å². The van der Waals surface area contributed by atoms with Crippen LogP contribution < -0.4 is 5.69 Å². The molecule has 9 heteroatoms. The van der Waals surface area contributed by atoms with Crippen molar-refractivity contribution in [2.45, 2.75) is 20.3 Å². The molecule has 7 nitrogen and oxygen atoms in total. The predicted octanol–water partition coefficient (Wildman–Crippen LogP) is 4.24. The minimum absolute atomic E-state index is 0.104. The van der Waals surface area contributed by atoms with Gasteiger partial charge in [-0.3, -0.25) is 14.3 Å². The summed E-state index contributed by atoms with van der Waals surface area (Å²) in [7, 11) is 0. The molecule has 0 spiro atoms. The summed E-state index contributed by atoms with van der Waals surface area (Å²) in [4.78, 5) is 42.2. The fourth-order valence-corrected chi connectivity index (χ4v) is 4.01. The Balaban J connectivity index is 2.06. The Morgan fingerprint density at radius 3 is 2.59 bits per heavy atom. The van der Waals surface area contributed by atoms with Crippen molar-refractivity contribution in [3.8, 4) is 5.69 Å². The zero-order chi connectivity index (χ0) is 23.2. The fraction of sp³-hybridized carbons (Fsp3) is 0.130. The number of aryl methyl sites for hydroxylation is 2. The number of carbonyl (C=O) groups excluding carboxylic acids is 1. The van der Waals surface area contributed by atoms with Crippen molar-refractivity contribution in [2.75, 3.05) is 0 Å². The van der Waals surface area contributed by atoms with Gasteiger partial charge in [0.05, 0.1) is 32.9 Å². The Hall–Kier alpha value is -3.78. The average molecular weight is 454 g/mol. The third-order valence-corrected chi connectivity index (χ3v) is 5.56. The molecule has 0 bridgehead atoms. The highest BCUT2D eigenvalue weighted by Crippen LogP contribution is 2.26. The van der Waals surface area contributed by atoms with Crippen LogP contribution in [0.25, 0.3) is 16.7 Å². The van der Waals surface area contributed by atoms with Crippen molar-refractivity contribution in [3.63, 3.8) is 0 Å². The first-order chi connectivity index (χ1) is 15.3. The number of nitrogens with zero attached hydrogens (tertiary/aromatic N) is 3. The summed E-state index contributed by atoms with van der Waals surface area (Å²) in [5, 5.41) is 9.21. The fourth-order valence-electron chi connectivity index (χ4n) is 3.75. The van der Waals surface area contributed by atoms with Crippen molar-refractivity contribution in [2.24, 2.45) is 0 Å². The van der Waals surface area contributed by atoms with Gasteiger partial charge in [-0.25, -0.2) is 18.5 Å². The summed E-state index contributed by atoms with van der Waals surface area (Å²) in [6.07, 6.45) is 3.31. The Morgan fingerprint density at radius 2 is 1.94 bits per heavy atom. The number of carbonyl (C=O) groups is 2. The number of para-hydroxylation sites is 1. The van der Waals surface area contributed by atoms with Gasteiger partial charge >= 0.3 is 11.7 Å². The molecular formula is C23H17ClFN3O4. The van der Waals surface area contributed by atoms with E-state index in [2.05, 4.69) is 4.98 Å². The van der Waals surface area contributed by atoms with Gasteiger partial charge in [-0.05, 0) is 48.7 Å². The van der Waals surface area contributed by atoms with E-state index < -0.39 is 23.4 Å². The monoisotopic (exact) mass is 453 g/mol. The number of fused-ring (bicyclic) bond motifs is 1. The largest absolute Gasteiger partial charge is 0.478 e. The minimum Gasteiger partial charge on any atom is -0.478 e. The van der Waals surface area contributed by atoms with Crippen LogP contribution in [0.4, 0.5) is 4.39 Å². The highest BCUT2D eigenvalue weighted by molar-refractivity contribution is 6.34. The van der Waals surface area contributed by atoms with Gasteiger partial charge in [-0.15, -0.1) is 0 Å². The lowest BCUT2D eigenvalue weighted by Crippen LogP contribution is -2.30. The van der Waals surface area contributed by atoms with E-state index in [1.807, 2.05) is 6.92 Å². The van der Waals surface area contributed by atoms with E-state index in [1.165, 1.54) is 24.5 Å². The van der Waals surface area contributed by atoms with E-state index in [0.717, 1.165) is 15.2 Å². The van der Waals surface area contributed by atoms with Crippen molar-refractivity contribution in [3.05, 3.63) is 92.4 Å². The Bertz CT molecular complexity index is 1470. The number of carboxylic acids is 1. The van der Waals surface area contributed by atoms with Crippen molar-refractivity contribution >= 4 is 34.5 Å². The topological polar surface area (TPSA) is 94.2 Å². The van der Waals surface area contributed by atoms with Crippen LogP contribution in [0.5, 0.6) is 0 Å². The van der Waals surface area contributed by atoms with E-state index >= 15 is 0 Å². The van der Waals surface area contributed by atoms with Gasteiger partial charge in [0.2, 0.25) is 0 Å². The smallest absolute Gasteiger partial charge is 0.340 e. The SMILES string of the molecule is CCc1cncc(Cl)c1C(=O)n1c(=O)n(-c2ccc(C(=O)O)cc2F)c2cccc(C)c21. The number of aromatic carboxylic acids is 1. The number of benzene rings is 2. The number of pyridine rings is 1. The normalized spacial score (nSPS) is 11.1. The maximum atomic E-state index is 14.9. The minimum atomic E-state index is -1.30. The maximum Gasteiger partial charge on any atom is 0.340 e. The first kappa shape index (κ1) is 21.5. The van der Waals surface area contributed by atoms with E-state index in [0.29, 0.717) is 28.6 Å². The molecule has 0 amide bonds. The molecule has 2 aromatic heterocycles. The molecule has 0 saturated carbocycles. The number of imidazole rings is 1. The Morgan fingerprint density at radius 1 is 1.19 bits per heavy atom. The number of halogens is 2. The van der Waals surface area contributed by atoms with Crippen molar-refractivity contribution in [1.29, 1.82) is 0 Å².